The molecule has 1 N–H and O–H groups in total. The van der Waals surface area contributed by atoms with Crippen LogP contribution in [0.4, 0.5) is 0 Å². The van der Waals surface area contributed by atoms with Gasteiger partial charge in [-0.1, -0.05) is 6.07 Å². The van der Waals surface area contributed by atoms with Gasteiger partial charge in [0.05, 0.1) is 0 Å². The number of nitrogens with zero attached hydrogens (tertiary/aromatic N) is 3. The molecule has 0 fully saturated rings. The van der Waals surface area contributed by atoms with Gasteiger partial charge in [0.15, 0.2) is 0 Å². The van der Waals surface area contributed by atoms with E-state index in [1.807, 2.05) is 31.3 Å². The van der Waals surface area contributed by atoms with Crippen LogP contribution in [0, 0.1) is 0 Å². The highest BCUT2D eigenvalue weighted by Crippen LogP contribution is 2.06. The fourth-order valence-corrected chi connectivity index (χ4v) is 1.93. The monoisotopic (exact) mass is 271 g/mol. The molecule has 0 saturated heterocycles. The van der Waals surface area contributed by atoms with Gasteiger partial charge in [-0.2, -0.15) is 0 Å². The van der Waals surface area contributed by atoms with Crippen molar-refractivity contribution in [3.05, 3.63) is 59.7 Å². The Morgan fingerprint density at radius 1 is 1.25 bits per heavy atom. The molecule has 0 aliphatic heterocycles. The smallest absolute Gasteiger partial charge is 0.354 e. The molecule has 2 heterocycles. The van der Waals surface area contributed by atoms with Crippen LogP contribution < -0.4 is 0 Å². The molecule has 0 atom stereocenters. The Kier molecular flexibility index (Phi) is 4.79. The highest BCUT2D eigenvalue weighted by molar-refractivity contribution is 5.85. The van der Waals surface area contributed by atoms with Crippen molar-refractivity contribution in [1.29, 1.82) is 0 Å². The van der Waals surface area contributed by atoms with Crippen LogP contribution >= 0.6 is 0 Å². The third-order valence-corrected chi connectivity index (χ3v) is 2.97. The van der Waals surface area contributed by atoms with Crippen molar-refractivity contribution >= 4 is 5.97 Å². The largest absolute Gasteiger partial charge is 0.477 e. The number of aromatic carboxylic acids is 1. The second-order valence-corrected chi connectivity index (χ2v) is 4.66. The van der Waals surface area contributed by atoms with Gasteiger partial charge in [0, 0.05) is 37.6 Å². The Morgan fingerprint density at radius 3 is 2.80 bits per heavy atom. The van der Waals surface area contributed by atoms with Gasteiger partial charge in [0.1, 0.15) is 5.69 Å². The van der Waals surface area contributed by atoms with E-state index in [-0.39, 0.29) is 5.69 Å². The molecule has 0 spiro atoms. The maximum atomic E-state index is 10.9. The number of rotatable bonds is 6. The lowest BCUT2D eigenvalue weighted by Gasteiger charge is -2.16. The molecule has 0 aliphatic carbocycles. The molecular formula is C15H17N3O2. The molecule has 5 nitrogen and oxygen atoms in total. The molecule has 2 aromatic heterocycles. The van der Waals surface area contributed by atoms with Crippen LogP contribution in [0.2, 0.25) is 0 Å². The summed E-state index contributed by atoms with van der Waals surface area (Å²) in [6.07, 6.45) is 4.19. The van der Waals surface area contributed by atoms with Crippen molar-refractivity contribution in [2.24, 2.45) is 0 Å². The van der Waals surface area contributed by atoms with Crippen molar-refractivity contribution in [3.63, 3.8) is 0 Å². The van der Waals surface area contributed by atoms with E-state index in [0.29, 0.717) is 6.54 Å². The zero-order chi connectivity index (χ0) is 14.4. The SMILES string of the molecule is CN(CCc1ccccn1)Cc1ccnc(C(=O)O)c1. The molecule has 104 valence electrons. The van der Waals surface area contributed by atoms with Crippen molar-refractivity contribution < 1.29 is 9.90 Å². The molecular weight excluding hydrogens is 254 g/mol. The van der Waals surface area contributed by atoms with E-state index in [1.54, 1.807) is 12.3 Å². The van der Waals surface area contributed by atoms with Crippen LogP contribution in [-0.4, -0.2) is 39.5 Å². The molecule has 0 saturated carbocycles. The van der Waals surface area contributed by atoms with Crippen molar-refractivity contribution in [2.75, 3.05) is 13.6 Å². The maximum Gasteiger partial charge on any atom is 0.354 e. The normalized spacial score (nSPS) is 10.7. The average Bonchev–Trinajstić information content (AvgIpc) is 2.46. The first-order valence-electron chi connectivity index (χ1n) is 6.42. The highest BCUT2D eigenvalue weighted by atomic mass is 16.4. The zero-order valence-corrected chi connectivity index (χ0v) is 11.4. The van der Waals surface area contributed by atoms with Gasteiger partial charge in [-0.05, 0) is 36.9 Å². The lowest BCUT2D eigenvalue weighted by molar-refractivity contribution is 0.0690. The summed E-state index contributed by atoms with van der Waals surface area (Å²) >= 11 is 0. The summed E-state index contributed by atoms with van der Waals surface area (Å²) in [5.74, 6) is -0.997. The van der Waals surface area contributed by atoms with E-state index in [2.05, 4.69) is 14.9 Å². The number of pyridine rings is 2. The molecule has 5 heteroatoms. The number of carbonyl (C=O) groups is 1. The number of aromatic nitrogens is 2. The lowest BCUT2D eigenvalue weighted by atomic mass is 10.2. The first kappa shape index (κ1) is 14.1. The van der Waals surface area contributed by atoms with E-state index in [4.69, 9.17) is 5.11 Å². The fourth-order valence-electron chi connectivity index (χ4n) is 1.93. The second kappa shape index (κ2) is 6.77. The lowest BCUT2D eigenvalue weighted by Crippen LogP contribution is -2.21. The summed E-state index contributed by atoms with van der Waals surface area (Å²) in [7, 11) is 2.00. The summed E-state index contributed by atoms with van der Waals surface area (Å²) in [6, 6.07) is 9.33. The Bertz CT molecular complexity index is 572. The molecule has 0 radical (unpaired) electrons. The molecule has 0 aromatic carbocycles. The minimum Gasteiger partial charge on any atom is -0.477 e. The molecule has 0 aliphatic rings. The third-order valence-electron chi connectivity index (χ3n) is 2.97. The first-order chi connectivity index (χ1) is 9.65. The van der Waals surface area contributed by atoms with Gasteiger partial charge in [-0.3, -0.25) is 4.98 Å². The predicted octanol–water partition coefficient (Wildman–Crippen LogP) is 1.85. The van der Waals surface area contributed by atoms with E-state index >= 15 is 0 Å². The predicted molar refractivity (Wildman–Crippen MR) is 75.5 cm³/mol. The van der Waals surface area contributed by atoms with Crippen LogP contribution in [0.15, 0.2) is 42.7 Å². The fraction of sp³-hybridized carbons (Fsp3) is 0.267. The zero-order valence-electron chi connectivity index (χ0n) is 11.4. The van der Waals surface area contributed by atoms with Gasteiger partial charge in [-0.15, -0.1) is 0 Å². The molecule has 2 aromatic rings. The quantitative estimate of drug-likeness (QED) is 0.868. The summed E-state index contributed by atoms with van der Waals surface area (Å²) in [6.45, 7) is 1.55. The van der Waals surface area contributed by atoms with E-state index in [9.17, 15) is 4.79 Å². The number of hydrogen-bond donors (Lipinski definition) is 1. The van der Waals surface area contributed by atoms with Crippen LogP contribution in [0.1, 0.15) is 21.7 Å². The van der Waals surface area contributed by atoms with Gasteiger partial charge >= 0.3 is 5.97 Å². The minimum atomic E-state index is -0.997. The van der Waals surface area contributed by atoms with Gasteiger partial charge < -0.3 is 10.0 Å². The van der Waals surface area contributed by atoms with Gasteiger partial charge in [-0.25, -0.2) is 9.78 Å². The molecule has 2 rings (SSSR count). The van der Waals surface area contributed by atoms with Crippen molar-refractivity contribution in [3.8, 4) is 0 Å². The van der Waals surface area contributed by atoms with Gasteiger partial charge in [0.25, 0.3) is 0 Å². The van der Waals surface area contributed by atoms with E-state index in [0.717, 1.165) is 24.2 Å². The topological polar surface area (TPSA) is 66.3 Å². The molecule has 0 amide bonds. The summed E-state index contributed by atoms with van der Waals surface area (Å²) < 4.78 is 0. The summed E-state index contributed by atoms with van der Waals surface area (Å²) in [4.78, 5) is 21.1. The highest BCUT2D eigenvalue weighted by Gasteiger charge is 2.07. The van der Waals surface area contributed by atoms with Crippen LogP contribution in [0.25, 0.3) is 0 Å². The Morgan fingerprint density at radius 2 is 2.10 bits per heavy atom. The number of likely N-dealkylation sites (N-methyl/N-ethyl adjacent to an activating group) is 1. The Balaban J connectivity index is 1.89. The van der Waals surface area contributed by atoms with Crippen molar-refractivity contribution in [1.82, 2.24) is 14.9 Å². The van der Waals surface area contributed by atoms with Crippen molar-refractivity contribution in [2.45, 2.75) is 13.0 Å². The van der Waals surface area contributed by atoms with E-state index < -0.39 is 5.97 Å². The maximum absolute atomic E-state index is 10.9. The standard InChI is InChI=1S/C15H17N3O2/c1-18(9-6-13-4-2-3-7-16-13)11-12-5-8-17-14(10-12)15(19)20/h2-5,7-8,10H,6,9,11H2,1H3,(H,19,20). The Hall–Kier alpha value is -2.27. The minimum absolute atomic E-state index is 0.0839. The van der Waals surface area contributed by atoms with Crippen LogP contribution in [0.3, 0.4) is 0 Å². The Labute approximate surface area is 117 Å². The first-order valence-corrected chi connectivity index (χ1v) is 6.42. The van der Waals surface area contributed by atoms with Crippen LogP contribution in [-0.2, 0) is 13.0 Å². The average molecular weight is 271 g/mol. The molecule has 20 heavy (non-hydrogen) atoms. The number of hydrogen-bond acceptors (Lipinski definition) is 4. The summed E-state index contributed by atoms with van der Waals surface area (Å²) in [5, 5.41) is 8.91. The second-order valence-electron chi connectivity index (χ2n) is 4.66. The molecule has 0 bridgehead atoms. The number of carboxylic acid groups (broad SMARTS) is 1. The third kappa shape index (κ3) is 4.13. The molecule has 0 unspecified atom stereocenters. The van der Waals surface area contributed by atoms with E-state index in [1.165, 1.54) is 6.20 Å². The summed E-state index contributed by atoms with van der Waals surface area (Å²) in [5.41, 5.74) is 2.09. The van der Waals surface area contributed by atoms with Crippen LogP contribution in [0.5, 0.6) is 0 Å². The number of carboxylic acids is 1. The van der Waals surface area contributed by atoms with Gasteiger partial charge in [0.2, 0.25) is 0 Å².